The minimum Gasteiger partial charge on any atom is -0.478 e. The molecule has 3 aromatic rings. The fraction of sp³-hybridized carbons (Fsp3) is 0.222. The van der Waals surface area contributed by atoms with Gasteiger partial charge in [-0.1, -0.05) is 74.0 Å². The summed E-state index contributed by atoms with van der Waals surface area (Å²) in [5, 5.41) is 14.9. The van der Waals surface area contributed by atoms with Gasteiger partial charge in [-0.25, -0.2) is 9.59 Å². The SMILES string of the molecule is CC(C)C(NC(=O)OCC1c2ccccc2-c2ccccc21)C(=O)Nc1cc(Cl)ccc1C(=O)O. The second-order valence-corrected chi connectivity index (χ2v) is 9.11. The van der Waals surface area contributed by atoms with Crippen molar-refractivity contribution in [1.29, 1.82) is 0 Å². The number of alkyl carbamates (subject to hydrolysis) is 1. The van der Waals surface area contributed by atoms with Gasteiger partial charge in [0.2, 0.25) is 5.91 Å². The largest absolute Gasteiger partial charge is 0.478 e. The first kappa shape index (κ1) is 24.3. The number of anilines is 1. The first-order valence-electron chi connectivity index (χ1n) is 11.2. The number of ether oxygens (including phenoxy) is 1. The summed E-state index contributed by atoms with van der Waals surface area (Å²) >= 11 is 5.97. The fourth-order valence-corrected chi connectivity index (χ4v) is 4.49. The highest BCUT2D eigenvalue weighted by atomic mass is 35.5. The van der Waals surface area contributed by atoms with Crippen LogP contribution in [0.1, 0.15) is 41.3 Å². The van der Waals surface area contributed by atoms with E-state index in [1.807, 2.05) is 36.4 Å². The second-order valence-electron chi connectivity index (χ2n) is 8.68. The Kier molecular flexibility index (Phi) is 7.07. The summed E-state index contributed by atoms with van der Waals surface area (Å²) in [6, 6.07) is 19.2. The lowest BCUT2D eigenvalue weighted by atomic mass is 9.98. The van der Waals surface area contributed by atoms with Crippen LogP contribution < -0.4 is 10.6 Å². The van der Waals surface area contributed by atoms with Gasteiger partial charge in [0.1, 0.15) is 12.6 Å². The molecular formula is C27H25ClN2O5. The molecule has 35 heavy (non-hydrogen) atoms. The number of rotatable bonds is 7. The molecular weight excluding hydrogens is 468 g/mol. The molecule has 1 aliphatic rings. The molecule has 3 aromatic carbocycles. The molecule has 4 rings (SSSR count). The molecule has 0 fully saturated rings. The summed E-state index contributed by atoms with van der Waals surface area (Å²) in [5.74, 6) is -2.17. The van der Waals surface area contributed by atoms with Gasteiger partial charge in [0.15, 0.2) is 0 Å². The summed E-state index contributed by atoms with van der Waals surface area (Å²) in [4.78, 5) is 37.1. The van der Waals surface area contributed by atoms with Crippen molar-refractivity contribution in [2.45, 2.75) is 25.8 Å². The number of aromatic carboxylic acids is 1. The van der Waals surface area contributed by atoms with Crippen molar-refractivity contribution in [2.24, 2.45) is 5.92 Å². The molecule has 2 amide bonds. The van der Waals surface area contributed by atoms with Crippen LogP contribution >= 0.6 is 11.6 Å². The smallest absolute Gasteiger partial charge is 0.407 e. The van der Waals surface area contributed by atoms with Gasteiger partial charge in [0, 0.05) is 10.9 Å². The third-order valence-corrected chi connectivity index (χ3v) is 6.27. The van der Waals surface area contributed by atoms with Crippen molar-refractivity contribution >= 4 is 35.3 Å². The summed E-state index contributed by atoms with van der Waals surface area (Å²) in [5.41, 5.74) is 4.35. The molecule has 3 N–H and O–H groups in total. The summed E-state index contributed by atoms with van der Waals surface area (Å²) in [7, 11) is 0. The maximum absolute atomic E-state index is 12.9. The quantitative estimate of drug-likeness (QED) is 0.401. The molecule has 0 heterocycles. The Hall–Kier alpha value is -3.84. The highest BCUT2D eigenvalue weighted by Gasteiger charge is 2.30. The van der Waals surface area contributed by atoms with Crippen LogP contribution in [0.25, 0.3) is 11.1 Å². The number of carboxylic acid groups (broad SMARTS) is 1. The van der Waals surface area contributed by atoms with Crippen molar-refractivity contribution in [3.63, 3.8) is 0 Å². The maximum Gasteiger partial charge on any atom is 0.407 e. The van der Waals surface area contributed by atoms with Crippen LogP contribution in [0.3, 0.4) is 0 Å². The van der Waals surface area contributed by atoms with Crippen LogP contribution in [0.2, 0.25) is 5.02 Å². The molecule has 0 radical (unpaired) electrons. The number of fused-ring (bicyclic) bond motifs is 3. The van der Waals surface area contributed by atoms with E-state index in [2.05, 4.69) is 22.8 Å². The van der Waals surface area contributed by atoms with Crippen LogP contribution in [-0.2, 0) is 9.53 Å². The van der Waals surface area contributed by atoms with E-state index < -0.39 is 24.0 Å². The molecule has 0 aromatic heterocycles. The topological polar surface area (TPSA) is 105 Å². The maximum atomic E-state index is 12.9. The average molecular weight is 493 g/mol. The van der Waals surface area contributed by atoms with E-state index >= 15 is 0 Å². The Labute approximate surface area is 208 Å². The monoisotopic (exact) mass is 492 g/mol. The number of carbonyl (C=O) groups is 3. The van der Waals surface area contributed by atoms with Gasteiger partial charge in [-0.3, -0.25) is 4.79 Å². The van der Waals surface area contributed by atoms with Crippen molar-refractivity contribution < 1.29 is 24.2 Å². The van der Waals surface area contributed by atoms with Crippen LogP contribution in [-0.4, -0.2) is 35.7 Å². The van der Waals surface area contributed by atoms with Crippen LogP contribution in [0.4, 0.5) is 10.5 Å². The Morgan fingerprint density at radius 3 is 2.14 bits per heavy atom. The molecule has 1 aliphatic carbocycles. The zero-order valence-electron chi connectivity index (χ0n) is 19.2. The van der Waals surface area contributed by atoms with Gasteiger partial charge >= 0.3 is 12.1 Å². The first-order valence-corrected chi connectivity index (χ1v) is 11.6. The van der Waals surface area contributed by atoms with Crippen LogP contribution in [0, 0.1) is 5.92 Å². The lowest BCUT2D eigenvalue weighted by Crippen LogP contribution is -2.47. The Morgan fingerprint density at radius 1 is 0.971 bits per heavy atom. The number of hydrogen-bond acceptors (Lipinski definition) is 4. The van der Waals surface area contributed by atoms with E-state index in [0.717, 1.165) is 22.3 Å². The van der Waals surface area contributed by atoms with Crippen LogP contribution in [0.15, 0.2) is 66.7 Å². The molecule has 0 saturated heterocycles. The van der Waals surface area contributed by atoms with E-state index in [9.17, 15) is 19.5 Å². The average Bonchev–Trinajstić information content (AvgIpc) is 3.14. The van der Waals surface area contributed by atoms with Gasteiger partial charge in [-0.2, -0.15) is 0 Å². The molecule has 0 spiro atoms. The van der Waals surface area contributed by atoms with Crippen molar-refractivity contribution in [2.75, 3.05) is 11.9 Å². The number of carboxylic acids is 1. The molecule has 180 valence electrons. The Balaban J connectivity index is 1.45. The third-order valence-electron chi connectivity index (χ3n) is 6.04. The lowest BCUT2D eigenvalue weighted by Gasteiger charge is -2.22. The fourth-order valence-electron chi connectivity index (χ4n) is 4.32. The number of hydrogen-bond donors (Lipinski definition) is 3. The highest BCUT2D eigenvalue weighted by molar-refractivity contribution is 6.31. The molecule has 0 saturated carbocycles. The molecule has 1 unspecified atom stereocenters. The normalized spacial score (nSPS) is 13.0. The van der Waals surface area contributed by atoms with Crippen molar-refractivity contribution in [1.82, 2.24) is 5.32 Å². The summed E-state index contributed by atoms with van der Waals surface area (Å²) in [6.07, 6.45) is -0.731. The summed E-state index contributed by atoms with van der Waals surface area (Å²) < 4.78 is 5.56. The van der Waals surface area contributed by atoms with E-state index in [1.54, 1.807) is 13.8 Å². The van der Waals surface area contributed by atoms with E-state index in [-0.39, 0.29) is 34.7 Å². The minimum absolute atomic E-state index is 0.0509. The number of carbonyl (C=O) groups excluding carboxylic acids is 2. The van der Waals surface area contributed by atoms with E-state index in [0.29, 0.717) is 0 Å². The predicted octanol–water partition coefficient (Wildman–Crippen LogP) is 5.54. The molecule has 8 heteroatoms. The lowest BCUT2D eigenvalue weighted by molar-refractivity contribution is -0.119. The molecule has 7 nitrogen and oxygen atoms in total. The van der Waals surface area contributed by atoms with Crippen molar-refractivity contribution in [3.05, 3.63) is 88.4 Å². The second kappa shape index (κ2) is 10.2. The van der Waals surface area contributed by atoms with Crippen LogP contribution in [0.5, 0.6) is 0 Å². The number of halogens is 1. The third kappa shape index (κ3) is 5.15. The zero-order chi connectivity index (χ0) is 25.1. The molecule has 1 atom stereocenters. The van der Waals surface area contributed by atoms with Gasteiger partial charge in [-0.15, -0.1) is 0 Å². The Morgan fingerprint density at radius 2 is 1.57 bits per heavy atom. The van der Waals surface area contributed by atoms with Gasteiger partial charge < -0.3 is 20.5 Å². The molecule has 0 aliphatic heterocycles. The van der Waals surface area contributed by atoms with E-state index in [4.69, 9.17) is 16.3 Å². The minimum atomic E-state index is -1.21. The number of benzene rings is 3. The van der Waals surface area contributed by atoms with Gasteiger partial charge in [0.25, 0.3) is 0 Å². The first-order chi connectivity index (χ1) is 16.8. The highest BCUT2D eigenvalue weighted by Crippen LogP contribution is 2.44. The van der Waals surface area contributed by atoms with E-state index in [1.165, 1.54) is 18.2 Å². The summed E-state index contributed by atoms with van der Waals surface area (Å²) in [6.45, 7) is 3.65. The number of amides is 2. The zero-order valence-corrected chi connectivity index (χ0v) is 20.0. The van der Waals surface area contributed by atoms with Gasteiger partial charge in [0.05, 0.1) is 11.3 Å². The number of nitrogens with one attached hydrogen (secondary N) is 2. The standard InChI is InChI=1S/C27H25ClN2O5/c1-15(2)24(25(31)29-23-13-16(28)11-12-21(23)26(32)33)30-27(34)35-14-22-19-9-5-3-7-17(19)18-8-4-6-10-20(18)22/h3-13,15,22,24H,14H2,1-2H3,(H,29,31)(H,30,34)(H,32,33). The predicted molar refractivity (Wildman–Crippen MR) is 134 cm³/mol. The van der Waals surface area contributed by atoms with Crippen molar-refractivity contribution in [3.8, 4) is 11.1 Å². The van der Waals surface area contributed by atoms with Gasteiger partial charge in [-0.05, 0) is 46.4 Å². The Bertz CT molecular complexity index is 1240. The molecule has 0 bridgehead atoms.